The van der Waals surface area contributed by atoms with Crippen LogP contribution in [0.3, 0.4) is 0 Å². The summed E-state index contributed by atoms with van der Waals surface area (Å²) in [4.78, 5) is 10.1. The van der Waals surface area contributed by atoms with E-state index in [2.05, 4.69) is 5.32 Å². The molecule has 0 heterocycles. The molecule has 1 amide bonds. The van der Waals surface area contributed by atoms with Crippen LogP contribution in [0.15, 0.2) is 0 Å². The standard InChI is InChI=1S/C5H11NO2.C2H6/c1-5(8)6-3-2-4-7;1-2/h7H,2-4H2,1H3,(H,6,8);1-2H3. The van der Waals surface area contributed by atoms with Crippen molar-refractivity contribution in [3.63, 3.8) is 0 Å². The molecule has 0 saturated heterocycles. The molecule has 0 spiro atoms. The van der Waals surface area contributed by atoms with Gasteiger partial charge in [0.1, 0.15) is 0 Å². The van der Waals surface area contributed by atoms with Gasteiger partial charge in [-0.05, 0) is 6.42 Å². The van der Waals surface area contributed by atoms with Gasteiger partial charge < -0.3 is 10.4 Å². The minimum atomic E-state index is -0.0431. The minimum Gasteiger partial charge on any atom is -0.396 e. The van der Waals surface area contributed by atoms with E-state index in [9.17, 15) is 4.79 Å². The Balaban J connectivity index is 0. The fourth-order valence-corrected chi connectivity index (χ4v) is 0.343. The van der Waals surface area contributed by atoms with Gasteiger partial charge in [0.05, 0.1) is 0 Å². The van der Waals surface area contributed by atoms with E-state index in [-0.39, 0.29) is 12.5 Å². The maximum atomic E-state index is 10.1. The molecule has 0 aliphatic carbocycles. The first-order valence-corrected chi connectivity index (χ1v) is 3.62. The van der Waals surface area contributed by atoms with Crippen molar-refractivity contribution in [3.8, 4) is 0 Å². The van der Waals surface area contributed by atoms with Gasteiger partial charge in [-0.15, -0.1) is 0 Å². The van der Waals surface area contributed by atoms with Crippen LogP contribution in [0.1, 0.15) is 27.2 Å². The smallest absolute Gasteiger partial charge is 0.216 e. The minimum absolute atomic E-state index is 0.0431. The fraction of sp³-hybridized carbons (Fsp3) is 0.857. The van der Waals surface area contributed by atoms with E-state index in [0.29, 0.717) is 13.0 Å². The van der Waals surface area contributed by atoms with Crippen LogP contribution >= 0.6 is 0 Å². The Morgan fingerprint density at radius 3 is 2.30 bits per heavy atom. The fourth-order valence-electron chi connectivity index (χ4n) is 0.343. The molecule has 10 heavy (non-hydrogen) atoms. The molecule has 3 heteroatoms. The second-order valence-corrected chi connectivity index (χ2v) is 1.56. The third-order valence-corrected chi connectivity index (χ3v) is 0.709. The van der Waals surface area contributed by atoms with Gasteiger partial charge in [-0.25, -0.2) is 0 Å². The Kier molecular flexibility index (Phi) is 13.7. The van der Waals surface area contributed by atoms with E-state index in [1.165, 1.54) is 6.92 Å². The summed E-state index contributed by atoms with van der Waals surface area (Å²) in [6, 6.07) is 0. The van der Waals surface area contributed by atoms with Crippen LogP contribution in [0.5, 0.6) is 0 Å². The van der Waals surface area contributed by atoms with Crippen molar-refractivity contribution in [1.82, 2.24) is 5.32 Å². The molecule has 0 aromatic carbocycles. The molecule has 0 aromatic rings. The Morgan fingerprint density at radius 1 is 1.50 bits per heavy atom. The predicted molar refractivity (Wildman–Crippen MR) is 41.7 cm³/mol. The molecule has 0 fully saturated rings. The second-order valence-electron chi connectivity index (χ2n) is 1.56. The van der Waals surface area contributed by atoms with E-state index in [1.807, 2.05) is 13.8 Å². The summed E-state index contributed by atoms with van der Waals surface area (Å²) in [5, 5.41) is 10.8. The van der Waals surface area contributed by atoms with Gasteiger partial charge in [-0.1, -0.05) is 13.8 Å². The quantitative estimate of drug-likeness (QED) is 0.572. The van der Waals surface area contributed by atoms with Crippen LogP contribution in [0.25, 0.3) is 0 Å². The Hall–Kier alpha value is -0.570. The SMILES string of the molecule is CC.CC(=O)NCCCO. The van der Waals surface area contributed by atoms with Crippen molar-refractivity contribution in [1.29, 1.82) is 0 Å². The number of aliphatic hydroxyl groups is 1. The summed E-state index contributed by atoms with van der Waals surface area (Å²) in [6.45, 7) is 6.17. The van der Waals surface area contributed by atoms with Gasteiger partial charge in [-0.3, -0.25) is 4.79 Å². The highest BCUT2D eigenvalue weighted by Gasteiger charge is 1.86. The zero-order valence-electron chi connectivity index (χ0n) is 6.98. The van der Waals surface area contributed by atoms with Crippen LogP contribution in [0, 0.1) is 0 Å². The Morgan fingerprint density at radius 2 is 2.00 bits per heavy atom. The molecule has 2 N–H and O–H groups in total. The van der Waals surface area contributed by atoms with E-state index in [4.69, 9.17) is 5.11 Å². The maximum absolute atomic E-state index is 10.1. The van der Waals surface area contributed by atoms with Gasteiger partial charge in [0.15, 0.2) is 0 Å². The third kappa shape index (κ3) is 15.7. The zero-order chi connectivity index (χ0) is 8.41. The molecular weight excluding hydrogens is 130 g/mol. The van der Waals surface area contributed by atoms with E-state index in [1.54, 1.807) is 0 Å². The van der Waals surface area contributed by atoms with Gasteiger partial charge in [0, 0.05) is 20.1 Å². The van der Waals surface area contributed by atoms with E-state index >= 15 is 0 Å². The van der Waals surface area contributed by atoms with Crippen molar-refractivity contribution in [2.24, 2.45) is 0 Å². The molecule has 3 nitrogen and oxygen atoms in total. The summed E-state index contributed by atoms with van der Waals surface area (Å²) < 4.78 is 0. The maximum Gasteiger partial charge on any atom is 0.216 e. The average Bonchev–Trinajstić information content (AvgIpc) is 1.92. The number of rotatable bonds is 3. The molecule has 0 aromatic heterocycles. The number of hydrogen-bond donors (Lipinski definition) is 2. The molecule has 0 aliphatic rings. The van der Waals surface area contributed by atoms with E-state index in [0.717, 1.165) is 0 Å². The van der Waals surface area contributed by atoms with Gasteiger partial charge >= 0.3 is 0 Å². The first kappa shape index (κ1) is 12.1. The summed E-state index contributed by atoms with van der Waals surface area (Å²) in [5.41, 5.74) is 0. The monoisotopic (exact) mass is 147 g/mol. The highest BCUT2D eigenvalue weighted by molar-refractivity contribution is 5.72. The van der Waals surface area contributed by atoms with Crippen molar-refractivity contribution >= 4 is 5.91 Å². The Bertz CT molecular complexity index is 74.0. The summed E-state index contributed by atoms with van der Waals surface area (Å²) in [6.07, 6.45) is 0.638. The molecule has 0 radical (unpaired) electrons. The van der Waals surface area contributed by atoms with Gasteiger partial charge in [0.25, 0.3) is 0 Å². The summed E-state index contributed by atoms with van der Waals surface area (Å²) in [7, 11) is 0. The molecular formula is C7H17NO2. The van der Waals surface area contributed by atoms with Crippen molar-refractivity contribution in [2.75, 3.05) is 13.2 Å². The van der Waals surface area contributed by atoms with Crippen LogP contribution < -0.4 is 5.32 Å². The zero-order valence-corrected chi connectivity index (χ0v) is 6.98. The largest absolute Gasteiger partial charge is 0.396 e. The molecule has 0 rings (SSSR count). The van der Waals surface area contributed by atoms with Crippen LogP contribution in [-0.4, -0.2) is 24.2 Å². The lowest BCUT2D eigenvalue weighted by molar-refractivity contribution is -0.118. The lowest BCUT2D eigenvalue weighted by Crippen LogP contribution is -2.21. The predicted octanol–water partition coefficient (Wildman–Crippen LogP) is 0.531. The first-order valence-electron chi connectivity index (χ1n) is 3.62. The van der Waals surface area contributed by atoms with Crippen molar-refractivity contribution in [3.05, 3.63) is 0 Å². The van der Waals surface area contributed by atoms with Crippen LogP contribution in [-0.2, 0) is 4.79 Å². The summed E-state index contributed by atoms with van der Waals surface area (Å²) >= 11 is 0. The van der Waals surface area contributed by atoms with E-state index < -0.39 is 0 Å². The highest BCUT2D eigenvalue weighted by Crippen LogP contribution is 1.70. The number of nitrogens with one attached hydrogen (secondary N) is 1. The van der Waals surface area contributed by atoms with Gasteiger partial charge in [0.2, 0.25) is 5.91 Å². The molecule has 62 valence electrons. The summed E-state index contributed by atoms with van der Waals surface area (Å²) in [5.74, 6) is -0.0431. The molecule has 0 atom stereocenters. The number of aliphatic hydroxyl groups excluding tert-OH is 1. The number of hydrogen-bond acceptors (Lipinski definition) is 2. The number of carbonyl (C=O) groups is 1. The second kappa shape index (κ2) is 11.3. The first-order chi connectivity index (χ1) is 4.77. The normalized spacial score (nSPS) is 7.60. The van der Waals surface area contributed by atoms with Crippen molar-refractivity contribution < 1.29 is 9.90 Å². The molecule has 0 aliphatic heterocycles. The number of amides is 1. The number of carbonyl (C=O) groups excluding carboxylic acids is 1. The van der Waals surface area contributed by atoms with Gasteiger partial charge in [-0.2, -0.15) is 0 Å². The molecule has 0 bridgehead atoms. The lowest BCUT2D eigenvalue weighted by atomic mass is 10.4. The lowest BCUT2D eigenvalue weighted by Gasteiger charge is -1.96. The van der Waals surface area contributed by atoms with Crippen LogP contribution in [0.4, 0.5) is 0 Å². The Labute approximate surface area is 62.4 Å². The average molecular weight is 147 g/mol. The topological polar surface area (TPSA) is 49.3 Å². The highest BCUT2D eigenvalue weighted by atomic mass is 16.3. The van der Waals surface area contributed by atoms with Crippen molar-refractivity contribution in [2.45, 2.75) is 27.2 Å². The third-order valence-electron chi connectivity index (χ3n) is 0.709. The molecule has 0 unspecified atom stereocenters. The van der Waals surface area contributed by atoms with Crippen LogP contribution in [0.2, 0.25) is 0 Å². The molecule has 0 saturated carbocycles.